The monoisotopic (exact) mass is 370 g/mol. The molecule has 0 spiro atoms. The molecule has 1 saturated heterocycles. The highest BCUT2D eigenvalue weighted by molar-refractivity contribution is 6.53. The Balaban J connectivity index is 3.07. The van der Waals surface area contributed by atoms with E-state index in [2.05, 4.69) is 8.85 Å². The average molecular weight is 370 g/mol. The molecule has 0 atom stereocenters. The fourth-order valence-corrected chi connectivity index (χ4v) is 4.50. The van der Waals surface area contributed by atoms with Crippen LogP contribution in [0.4, 0.5) is 26.3 Å². The highest BCUT2D eigenvalue weighted by Gasteiger charge is 2.58. The number of hydrogen-bond donors (Lipinski definition) is 0. The molecular formula is C12H20F6O4Si. The molecule has 0 N–H and O–H groups in total. The zero-order valence-corrected chi connectivity index (χ0v) is 14.2. The highest BCUT2D eigenvalue weighted by Crippen LogP contribution is 2.37. The molecule has 0 aromatic carbocycles. The Hall–Kier alpha value is -0.363. The Morgan fingerprint density at radius 1 is 0.783 bits per heavy atom. The lowest BCUT2D eigenvalue weighted by atomic mass is 9.94. The van der Waals surface area contributed by atoms with E-state index in [1.807, 2.05) is 0 Å². The van der Waals surface area contributed by atoms with Gasteiger partial charge < -0.3 is 17.7 Å². The molecule has 0 aromatic rings. The van der Waals surface area contributed by atoms with E-state index >= 15 is 0 Å². The zero-order chi connectivity index (χ0) is 18.2. The van der Waals surface area contributed by atoms with Crippen LogP contribution in [0.2, 0.25) is 0 Å². The molecule has 23 heavy (non-hydrogen) atoms. The predicted octanol–water partition coefficient (Wildman–Crippen LogP) is 3.96. The second kappa shape index (κ2) is 6.51. The van der Waals surface area contributed by atoms with Crippen LogP contribution >= 0.6 is 0 Å². The van der Waals surface area contributed by atoms with Crippen molar-refractivity contribution in [2.75, 3.05) is 13.2 Å². The molecule has 0 saturated carbocycles. The van der Waals surface area contributed by atoms with Gasteiger partial charge in [-0.2, -0.15) is 26.3 Å². The standard InChI is InChI=1S/C12H20F6O4Si/c1-9(2)5-6-10(3,4)22-23(21-9,19-7-11(13,14)15)20-8-12(16,17)18/h5-8H2,1-4H3. The molecule has 0 unspecified atom stereocenters. The van der Waals surface area contributed by atoms with Gasteiger partial charge in [0.05, 0.1) is 11.2 Å². The maximum absolute atomic E-state index is 12.4. The summed E-state index contributed by atoms with van der Waals surface area (Å²) in [6, 6.07) is 0. The summed E-state index contributed by atoms with van der Waals surface area (Å²) in [7, 11) is -4.66. The lowest BCUT2D eigenvalue weighted by Crippen LogP contribution is -2.57. The van der Waals surface area contributed by atoms with Crippen molar-refractivity contribution in [2.45, 2.75) is 64.1 Å². The Kier molecular flexibility index (Phi) is 5.85. The van der Waals surface area contributed by atoms with Crippen molar-refractivity contribution in [2.24, 2.45) is 0 Å². The molecule has 0 aliphatic carbocycles. The molecule has 0 aromatic heterocycles. The summed E-state index contributed by atoms with van der Waals surface area (Å²) < 4.78 is 94.7. The highest BCUT2D eigenvalue weighted by atomic mass is 28.4. The van der Waals surface area contributed by atoms with Crippen LogP contribution in [-0.2, 0) is 17.7 Å². The maximum atomic E-state index is 12.4. The lowest BCUT2D eigenvalue weighted by Gasteiger charge is -2.35. The van der Waals surface area contributed by atoms with Crippen LogP contribution in [-0.4, -0.2) is 45.8 Å². The van der Waals surface area contributed by atoms with E-state index in [1.54, 1.807) is 0 Å². The Bertz CT molecular complexity index is 369. The van der Waals surface area contributed by atoms with Gasteiger partial charge in [-0.3, -0.25) is 0 Å². The van der Waals surface area contributed by atoms with Crippen LogP contribution < -0.4 is 0 Å². The third-order valence-electron chi connectivity index (χ3n) is 2.96. The third kappa shape index (κ3) is 7.83. The molecule has 0 radical (unpaired) electrons. The summed E-state index contributed by atoms with van der Waals surface area (Å²) >= 11 is 0. The van der Waals surface area contributed by atoms with Gasteiger partial charge in [-0.15, -0.1) is 0 Å². The van der Waals surface area contributed by atoms with Gasteiger partial charge in [0.1, 0.15) is 13.2 Å². The molecule has 4 nitrogen and oxygen atoms in total. The summed E-state index contributed by atoms with van der Waals surface area (Å²) in [5.41, 5.74) is -2.09. The molecule has 1 heterocycles. The van der Waals surface area contributed by atoms with Gasteiger partial charge in [-0.05, 0) is 40.5 Å². The van der Waals surface area contributed by atoms with Gasteiger partial charge in [0.15, 0.2) is 0 Å². The van der Waals surface area contributed by atoms with E-state index in [0.717, 1.165) is 0 Å². The number of halogens is 6. The van der Waals surface area contributed by atoms with Crippen LogP contribution in [0.5, 0.6) is 0 Å². The molecule has 1 aliphatic heterocycles. The second-order valence-electron chi connectivity index (χ2n) is 6.53. The first kappa shape index (κ1) is 20.7. The Morgan fingerprint density at radius 3 is 1.35 bits per heavy atom. The fourth-order valence-electron chi connectivity index (χ4n) is 1.90. The summed E-state index contributed by atoms with van der Waals surface area (Å²) in [6.07, 6.45) is -8.79. The molecule has 1 aliphatic rings. The number of rotatable bonds is 4. The smallest absolute Gasteiger partial charge is 0.346 e. The quantitative estimate of drug-likeness (QED) is 0.554. The van der Waals surface area contributed by atoms with Crippen molar-refractivity contribution >= 4 is 9.05 Å². The molecule has 138 valence electrons. The van der Waals surface area contributed by atoms with Gasteiger partial charge in [0, 0.05) is 0 Å². The minimum atomic E-state index is -4.76. The first-order valence-electron chi connectivity index (χ1n) is 6.85. The van der Waals surface area contributed by atoms with Crippen LogP contribution in [0.25, 0.3) is 0 Å². The summed E-state index contributed by atoms with van der Waals surface area (Å²) in [5, 5.41) is 0. The molecule has 0 amide bonds. The normalized spacial score (nSPS) is 24.3. The second-order valence-corrected chi connectivity index (χ2v) is 8.52. The van der Waals surface area contributed by atoms with Crippen molar-refractivity contribution in [3.63, 3.8) is 0 Å². The predicted molar refractivity (Wildman–Crippen MR) is 69.3 cm³/mol. The van der Waals surface area contributed by atoms with Crippen molar-refractivity contribution < 1.29 is 44.0 Å². The zero-order valence-electron chi connectivity index (χ0n) is 13.2. The lowest BCUT2D eigenvalue weighted by molar-refractivity contribution is -0.205. The van der Waals surface area contributed by atoms with Gasteiger partial charge in [0.2, 0.25) is 0 Å². The van der Waals surface area contributed by atoms with Gasteiger partial charge in [-0.25, -0.2) is 0 Å². The van der Waals surface area contributed by atoms with E-state index in [0.29, 0.717) is 12.8 Å². The summed E-state index contributed by atoms with van der Waals surface area (Å²) in [4.78, 5) is 0. The largest absolute Gasteiger partial charge is 0.681 e. The van der Waals surface area contributed by atoms with E-state index in [4.69, 9.17) is 8.85 Å². The third-order valence-corrected chi connectivity index (χ3v) is 5.56. The van der Waals surface area contributed by atoms with Gasteiger partial charge in [-0.1, -0.05) is 0 Å². The van der Waals surface area contributed by atoms with Crippen LogP contribution in [0.15, 0.2) is 0 Å². The molecule has 11 heteroatoms. The maximum Gasteiger partial charge on any atom is 0.681 e. The Labute approximate surface area is 131 Å². The summed E-state index contributed by atoms with van der Waals surface area (Å²) in [6.45, 7) is 2.51. The van der Waals surface area contributed by atoms with Crippen molar-refractivity contribution in [1.29, 1.82) is 0 Å². The molecule has 1 fully saturated rings. The summed E-state index contributed by atoms with van der Waals surface area (Å²) in [5.74, 6) is 0. The van der Waals surface area contributed by atoms with Crippen LogP contribution in [0, 0.1) is 0 Å². The molecule has 1 rings (SSSR count). The minimum absolute atomic E-state index is 0.361. The number of alkyl halides is 6. The molecular weight excluding hydrogens is 350 g/mol. The topological polar surface area (TPSA) is 36.9 Å². The van der Waals surface area contributed by atoms with Gasteiger partial charge >= 0.3 is 21.4 Å². The number of hydrogen-bond acceptors (Lipinski definition) is 4. The SMILES string of the molecule is CC1(C)CCC(C)(C)O[Si](OCC(F)(F)F)(OCC(F)(F)F)O1. The average Bonchev–Trinajstić information content (AvgIpc) is 2.38. The van der Waals surface area contributed by atoms with Crippen LogP contribution in [0.1, 0.15) is 40.5 Å². The van der Waals surface area contributed by atoms with Crippen LogP contribution in [0.3, 0.4) is 0 Å². The minimum Gasteiger partial charge on any atom is -0.346 e. The first-order chi connectivity index (χ1) is 10.0. The first-order valence-corrected chi connectivity index (χ1v) is 8.48. The fraction of sp³-hybridized carbons (Fsp3) is 1.00. The van der Waals surface area contributed by atoms with Gasteiger partial charge in [0.25, 0.3) is 0 Å². The van der Waals surface area contributed by atoms with E-state index < -0.39 is 45.8 Å². The Morgan fingerprint density at radius 2 is 1.09 bits per heavy atom. The van der Waals surface area contributed by atoms with E-state index in [-0.39, 0.29) is 0 Å². The van der Waals surface area contributed by atoms with E-state index in [1.165, 1.54) is 27.7 Å². The van der Waals surface area contributed by atoms with Crippen molar-refractivity contribution in [3.05, 3.63) is 0 Å². The van der Waals surface area contributed by atoms with Crippen molar-refractivity contribution in [3.8, 4) is 0 Å². The van der Waals surface area contributed by atoms with Crippen molar-refractivity contribution in [1.82, 2.24) is 0 Å². The molecule has 0 bridgehead atoms. The van der Waals surface area contributed by atoms with E-state index in [9.17, 15) is 26.3 Å².